The molecule has 2 N–H and O–H groups in total. The second-order valence-corrected chi connectivity index (χ2v) is 9.47. The summed E-state index contributed by atoms with van der Waals surface area (Å²) in [6, 6.07) is 0. The summed E-state index contributed by atoms with van der Waals surface area (Å²) in [5.74, 6) is 0.142. The molecule has 0 aromatic carbocycles. The van der Waals surface area contributed by atoms with E-state index in [-0.39, 0.29) is 28.1 Å². The molecule has 0 aliphatic rings. The Balaban J connectivity index is 4.14. The Bertz CT molecular complexity index is 409. The summed E-state index contributed by atoms with van der Waals surface area (Å²) >= 11 is 0. The van der Waals surface area contributed by atoms with E-state index in [4.69, 9.17) is 4.74 Å². The average molecular weight is 343 g/mol. The number of rotatable bonds is 10. The summed E-state index contributed by atoms with van der Waals surface area (Å²) in [6.45, 7) is 18.6. The van der Waals surface area contributed by atoms with Crippen LogP contribution in [-0.4, -0.2) is 38.1 Å². The van der Waals surface area contributed by atoms with Crippen molar-refractivity contribution in [1.82, 2.24) is 10.6 Å². The monoisotopic (exact) mass is 342 g/mol. The smallest absolute Gasteiger partial charge is 0.220 e. The molecule has 0 rings (SSSR count). The standard InChI is InChI=1S/C19H38N2O3/c1-9-15(22)20-11-18(5,6)13-24-14-19(7,8)12-21-16(23)10-17(2,3)4/h9-14H2,1-8H3,(H,20,22)(H,21,23). The average Bonchev–Trinajstić information content (AvgIpc) is 2.40. The first kappa shape index (κ1) is 22.9. The van der Waals surface area contributed by atoms with E-state index in [1.165, 1.54) is 0 Å². The first-order valence-corrected chi connectivity index (χ1v) is 8.87. The molecule has 0 atom stereocenters. The van der Waals surface area contributed by atoms with Crippen molar-refractivity contribution in [3.05, 3.63) is 0 Å². The zero-order chi connectivity index (χ0) is 19.0. The lowest BCUT2D eigenvalue weighted by Gasteiger charge is -2.29. The summed E-state index contributed by atoms with van der Waals surface area (Å²) in [6.07, 6.45) is 1.02. The predicted octanol–water partition coefficient (Wildman–Crippen LogP) is 3.13. The largest absolute Gasteiger partial charge is 0.380 e. The minimum atomic E-state index is -0.129. The van der Waals surface area contributed by atoms with Gasteiger partial charge in [-0.2, -0.15) is 0 Å². The highest BCUT2D eigenvalue weighted by atomic mass is 16.5. The van der Waals surface area contributed by atoms with E-state index in [2.05, 4.69) is 59.1 Å². The topological polar surface area (TPSA) is 67.4 Å². The lowest BCUT2D eigenvalue weighted by Crippen LogP contribution is -2.40. The summed E-state index contributed by atoms with van der Waals surface area (Å²) in [5.41, 5.74) is -0.246. The van der Waals surface area contributed by atoms with Gasteiger partial charge in [0.05, 0.1) is 13.2 Å². The molecule has 0 saturated carbocycles. The first-order valence-electron chi connectivity index (χ1n) is 8.87. The highest BCUT2D eigenvalue weighted by Crippen LogP contribution is 2.20. The number of nitrogens with one attached hydrogen (secondary N) is 2. The second kappa shape index (κ2) is 9.40. The third-order valence-electron chi connectivity index (χ3n) is 3.53. The Labute approximate surface area is 148 Å². The maximum atomic E-state index is 11.9. The van der Waals surface area contributed by atoms with Crippen LogP contribution in [0.3, 0.4) is 0 Å². The molecule has 2 amide bonds. The lowest BCUT2D eigenvalue weighted by atomic mass is 9.90. The molecule has 0 aromatic rings. The van der Waals surface area contributed by atoms with Crippen molar-refractivity contribution >= 4 is 11.8 Å². The Morgan fingerprint density at radius 1 is 0.792 bits per heavy atom. The zero-order valence-corrected chi connectivity index (χ0v) is 17.0. The molecule has 0 aliphatic heterocycles. The van der Waals surface area contributed by atoms with Crippen LogP contribution >= 0.6 is 0 Å². The molecule has 5 nitrogen and oxygen atoms in total. The first-order chi connectivity index (χ1) is 10.8. The quantitative estimate of drug-likeness (QED) is 0.641. The fraction of sp³-hybridized carbons (Fsp3) is 0.895. The maximum Gasteiger partial charge on any atom is 0.220 e. The van der Waals surface area contributed by atoms with Crippen molar-refractivity contribution in [1.29, 1.82) is 0 Å². The molecular weight excluding hydrogens is 304 g/mol. The Kier molecular flexibility index (Phi) is 8.97. The van der Waals surface area contributed by atoms with Crippen LogP contribution in [0.15, 0.2) is 0 Å². The molecule has 0 aromatic heterocycles. The minimum Gasteiger partial charge on any atom is -0.380 e. The third kappa shape index (κ3) is 12.3. The fourth-order valence-electron chi connectivity index (χ4n) is 2.05. The van der Waals surface area contributed by atoms with Gasteiger partial charge in [0, 0.05) is 36.8 Å². The van der Waals surface area contributed by atoms with E-state index in [0.29, 0.717) is 39.1 Å². The molecule has 24 heavy (non-hydrogen) atoms. The van der Waals surface area contributed by atoms with Gasteiger partial charge in [0.25, 0.3) is 0 Å². The number of hydrogen-bond donors (Lipinski definition) is 2. The van der Waals surface area contributed by atoms with Crippen molar-refractivity contribution in [3.8, 4) is 0 Å². The number of amides is 2. The molecular formula is C19H38N2O3. The second-order valence-electron chi connectivity index (χ2n) is 9.47. The number of carbonyl (C=O) groups is 2. The van der Waals surface area contributed by atoms with Gasteiger partial charge >= 0.3 is 0 Å². The Hall–Kier alpha value is -1.10. The number of ether oxygens (including phenoxy) is 1. The van der Waals surface area contributed by atoms with Crippen molar-refractivity contribution in [3.63, 3.8) is 0 Å². The van der Waals surface area contributed by atoms with Crippen molar-refractivity contribution < 1.29 is 14.3 Å². The van der Waals surface area contributed by atoms with Gasteiger partial charge in [-0.05, 0) is 5.41 Å². The summed E-state index contributed by atoms with van der Waals surface area (Å²) < 4.78 is 5.86. The molecule has 5 heteroatoms. The van der Waals surface area contributed by atoms with Crippen LogP contribution in [0.25, 0.3) is 0 Å². The molecule has 0 saturated heterocycles. The normalized spacial score (nSPS) is 12.8. The minimum absolute atomic E-state index is 0.00231. The molecule has 0 aliphatic carbocycles. The summed E-state index contributed by atoms with van der Waals surface area (Å²) in [4.78, 5) is 23.3. The molecule has 0 unspecified atom stereocenters. The van der Waals surface area contributed by atoms with Gasteiger partial charge in [-0.1, -0.05) is 55.4 Å². The van der Waals surface area contributed by atoms with Gasteiger partial charge in [-0.25, -0.2) is 0 Å². The van der Waals surface area contributed by atoms with Crippen molar-refractivity contribution in [2.45, 2.75) is 68.2 Å². The van der Waals surface area contributed by atoms with Crippen LogP contribution in [0.1, 0.15) is 68.2 Å². The van der Waals surface area contributed by atoms with Crippen molar-refractivity contribution in [2.75, 3.05) is 26.3 Å². The fourth-order valence-corrected chi connectivity index (χ4v) is 2.05. The van der Waals surface area contributed by atoms with Gasteiger partial charge < -0.3 is 15.4 Å². The molecule has 0 spiro atoms. The summed E-state index contributed by atoms with van der Waals surface area (Å²) in [7, 11) is 0. The molecule has 142 valence electrons. The third-order valence-corrected chi connectivity index (χ3v) is 3.53. The highest BCUT2D eigenvalue weighted by Gasteiger charge is 2.24. The summed E-state index contributed by atoms with van der Waals surface area (Å²) in [5, 5.41) is 5.90. The van der Waals surface area contributed by atoms with Crippen LogP contribution in [-0.2, 0) is 14.3 Å². The van der Waals surface area contributed by atoms with E-state index in [9.17, 15) is 9.59 Å². The highest BCUT2D eigenvalue weighted by molar-refractivity contribution is 5.76. The molecule has 0 radical (unpaired) electrons. The van der Waals surface area contributed by atoms with E-state index in [0.717, 1.165) is 0 Å². The van der Waals surface area contributed by atoms with Crippen LogP contribution in [0, 0.1) is 16.2 Å². The Morgan fingerprint density at radius 2 is 1.21 bits per heavy atom. The van der Waals surface area contributed by atoms with Crippen LogP contribution in [0.2, 0.25) is 0 Å². The van der Waals surface area contributed by atoms with Gasteiger partial charge in [0.15, 0.2) is 0 Å². The van der Waals surface area contributed by atoms with E-state index in [1.807, 2.05) is 6.92 Å². The number of carbonyl (C=O) groups excluding carboxylic acids is 2. The lowest BCUT2D eigenvalue weighted by molar-refractivity contribution is -0.123. The van der Waals surface area contributed by atoms with Gasteiger partial charge in [0.2, 0.25) is 11.8 Å². The zero-order valence-electron chi connectivity index (χ0n) is 17.0. The van der Waals surface area contributed by atoms with Gasteiger partial charge in [-0.3, -0.25) is 9.59 Å². The SMILES string of the molecule is CCC(=O)NCC(C)(C)COCC(C)(C)CNC(=O)CC(C)(C)C. The van der Waals surface area contributed by atoms with Crippen LogP contribution < -0.4 is 10.6 Å². The maximum absolute atomic E-state index is 11.9. The van der Waals surface area contributed by atoms with Crippen LogP contribution in [0.4, 0.5) is 0 Å². The van der Waals surface area contributed by atoms with E-state index >= 15 is 0 Å². The molecule has 0 fully saturated rings. The molecule has 0 heterocycles. The predicted molar refractivity (Wildman–Crippen MR) is 98.8 cm³/mol. The van der Waals surface area contributed by atoms with Crippen LogP contribution in [0.5, 0.6) is 0 Å². The van der Waals surface area contributed by atoms with Crippen molar-refractivity contribution in [2.24, 2.45) is 16.2 Å². The Morgan fingerprint density at radius 3 is 1.58 bits per heavy atom. The molecule has 0 bridgehead atoms. The van der Waals surface area contributed by atoms with Gasteiger partial charge in [-0.15, -0.1) is 0 Å². The van der Waals surface area contributed by atoms with Gasteiger partial charge in [0.1, 0.15) is 0 Å². The van der Waals surface area contributed by atoms with E-state index in [1.54, 1.807) is 0 Å². The van der Waals surface area contributed by atoms with E-state index < -0.39 is 0 Å². The number of hydrogen-bond acceptors (Lipinski definition) is 3.